The van der Waals surface area contributed by atoms with Crippen LogP contribution in [0.2, 0.25) is 0 Å². The minimum absolute atomic E-state index is 0.0252. The van der Waals surface area contributed by atoms with E-state index >= 15 is 0 Å². The Bertz CT molecular complexity index is 432. The summed E-state index contributed by atoms with van der Waals surface area (Å²) >= 11 is 3.20. The van der Waals surface area contributed by atoms with Crippen LogP contribution in [-0.4, -0.2) is 23.0 Å². The van der Waals surface area contributed by atoms with Crippen LogP contribution >= 0.6 is 15.9 Å². The number of anilines is 1. The molecular weight excluding hydrogens is 276 g/mol. The van der Waals surface area contributed by atoms with Gasteiger partial charge >= 0.3 is 5.97 Å². The maximum Gasteiger partial charge on any atom is 0.337 e. The molecule has 1 atom stereocenters. The molecule has 16 heavy (non-hydrogen) atoms. The van der Waals surface area contributed by atoms with E-state index in [0.717, 1.165) is 0 Å². The van der Waals surface area contributed by atoms with Crippen LogP contribution < -0.4 is 11.1 Å². The zero-order valence-corrected chi connectivity index (χ0v) is 10.1. The fraction of sp³-hybridized carbons (Fsp3) is 0.200. The van der Waals surface area contributed by atoms with Crippen LogP contribution in [0.15, 0.2) is 22.7 Å². The lowest BCUT2D eigenvalue weighted by Crippen LogP contribution is -2.33. The number of aromatic carboxylic acids is 1. The zero-order chi connectivity index (χ0) is 12.3. The molecule has 0 heterocycles. The number of carboxylic acid groups (broad SMARTS) is 1. The van der Waals surface area contributed by atoms with Gasteiger partial charge in [0.25, 0.3) is 0 Å². The summed E-state index contributed by atoms with van der Waals surface area (Å²) in [6.07, 6.45) is 0. The Morgan fingerprint density at radius 1 is 1.50 bits per heavy atom. The zero-order valence-electron chi connectivity index (χ0n) is 8.53. The maximum absolute atomic E-state index is 11.4. The molecule has 4 N–H and O–H groups in total. The Labute approximate surface area is 101 Å². The van der Waals surface area contributed by atoms with E-state index in [0.29, 0.717) is 4.47 Å². The van der Waals surface area contributed by atoms with Gasteiger partial charge in [-0.3, -0.25) is 4.79 Å². The summed E-state index contributed by atoms with van der Waals surface area (Å²) in [5, 5.41) is 11.4. The highest BCUT2D eigenvalue weighted by Gasteiger charge is 2.14. The van der Waals surface area contributed by atoms with E-state index in [-0.39, 0.29) is 11.3 Å². The first-order valence-electron chi connectivity index (χ1n) is 4.51. The summed E-state index contributed by atoms with van der Waals surface area (Å²) in [6.45, 7) is 1.52. The fourth-order valence-corrected chi connectivity index (χ4v) is 1.41. The average Bonchev–Trinajstić information content (AvgIpc) is 2.16. The number of carboxylic acids is 1. The second-order valence-corrected chi connectivity index (χ2v) is 4.19. The van der Waals surface area contributed by atoms with Crippen LogP contribution in [0.25, 0.3) is 0 Å². The molecule has 1 aromatic rings. The number of amides is 1. The van der Waals surface area contributed by atoms with Crippen molar-refractivity contribution in [2.45, 2.75) is 13.0 Å². The van der Waals surface area contributed by atoms with Crippen LogP contribution in [0.4, 0.5) is 5.69 Å². The molecule has 86 valence electrons. The molecule has 1 aromatic carbocycles. The third kappa shape index (κ3) is 3.04. The molecule has 0 aliphatic heterocycles. The minimum Gasteiger partial charge on any atom is -0.478 e. The number of carbonyl (C=O) groups excluding carboxylic acids is 1. The van der Waals surface area contributed by atoms with Crippen LogP contribution in [0, 0.1) is 0 Å². The Kier molecular flexibility index (Phi) is 4.03. The average molecular weight is 287 g/mol. The molecule has 1 rings (SSSR count). The van der Waals surface area contributed by atoms with Crippen molar-refractivity contribution in [1.29, 1.82) is 0 Å². The molecule has 0 aromatic heterocycles. The molecule has 0 spiro atoms. The summed E-state index contributed by atoms with van der Waals surface area (Å²) in [7, 11) is 0. The van der Waals surface area contributed by atoms with E-state index in [1.807, 2.05) is 0 Å². The van der Waals surface area contributed by atoms with Gasteiger partial charge in [-0.1, -0.05) is 15.9 Å². The van der Waals surface area contributed by atoms with E-state index in [1.54, 1.807) is 6.07 Å². The van der Waals surface area contributed by atoms with Gasteiger partial charge in [0.2, 0.25) is 5.91 Å². The van der Waals surface area contributed by atoms with Crippen molar-refractivity contribution in [2.75, 3.05) is 5.32 Å². The monoisotopic (exact) mass is 286 g/mol. The Morgan fingerprint density at radius 2 is 2.12 bits per heavy atom. The van der Waals surface area contributed by atoms with E-state index in [1.165, 1.54) is 19.1 Å². The number of hydrogen-bond donors (Lipinski definition) is 3. The molecule has 1 amide bonds. The third-order valence-corrected chi connectivity index (χ3v) is 2.38. The van der Waals surface area contributed by atoms with E-state index < -0.39 is 17.9 Å². The van der Waals surface area contributed by atoms with Gasteiger partial charge in [-0.2, -0.15) is 0 Å². The van der Waals surface area contributed by atoms with Gasteiger partial charge < -0.3 is 16.2 Å². The van der Waals surface area contributed by atoms with Gasteiger partial charge in [0.15, 0.2) is 0 Å². The lowest BCUT2D eigenvalue weighted by molar-refractivity contribution is -0.117. The number of rotatable bonds is 3. The normalized spacial score (nSPS) is 11.9. The molecule has 0 saturated heterocycles. The predicted molar refractivity (Wildman–Crippen MR) is 63.4 cm³/mol. The van der Waals surface area contributed by atoms with Crippen LogP contribution in [-0.2, 0) is 4.79 Å². The van der Waals surface area contributed by atoms with Crippen molar-refractivity contribution >= 4 is 33.5 Å². The number of nitrogens with one attached hydrogen (secondary N) is 1. The minimum atomic E-state index is -1.10. The quantitative estimate of drug-likeness (QED) is 0.784. The van der Waals surface area contributed by atoms with E-state index in [9.17, 15) is 9.59 Å². The Morgan fingerprint density at radius 3 is 2.62 bits per heavy atom. The SMILES string of the molecule is C[C@@H](N)C(=O)Nc1cc(Br)ccc1C(=O)O. The van der Waals surface area contributed by atoms with Gasteiger partial charge in [0.1, 0.15) is 0 Å². The molecular formula is C10H11BrN2O3. The number of nitrogens with two attached hydrogens (primary N) is 1. The summed E-state index contributed by atoms with van der Waals surface area (Å²) < 4.78 is 0.678. The smallest absolute Gasteiger partial charge is 0.337 e. The number of hydrogen-bond acceptors (Lipinski definition) is 3. The molecule has 0 unspecified atom stereocenters. The van der Waals surface area contributed by atoms with Crippen molar-refractivity contribution < 1.29 is 14.7 Å². The first-order chi connectivity index (χ1) is 7.41. The highest BCUT2D eigenvalue weighted by Crippen LogP contribution is 2.21. The largest absolute Gasteiger partial charge is 0.478 e. The number of halogens is 1. The molecule has 0 aliphatic rings. The molecule has 0 fully saturated rings. The highest BCUT2D eigenvalue weighted by molar-refractivity contribution is 9.10. The lowest BCUT2D eigenvalue weighted by Gasteiger charge is -2.10. The molecule has 0 saturated carbocycles. The van der Waals surface area contributed by atoms with Crippen LogP contribution in [0.5, 0.6) is 0 Å². The molecule has 6 heteroatoms. The molecule has 0 aliphatic carbocycles. The predicted octanol–water partition coefficient (Wildman–Crippen LogP) is 1.43. The summed E-state index contributed by atoms with van der Waals surface area (Å²) in [4.78, 5) is 22.2. The topological polar surface area (TPSA) is 92.4 Å². The summed E-state index contributed by atoms with van der Waals surface area (Å²) in [6, 6.07) is 3.82. The molecule has 0 radical (unpaired) electrons. The summed E-state index contributed by atoms with van der Waals surface area (Å²) in [5.41, 5.74) is 5.63. The lowest BCUT2D eigenvalue weighted by atomic mass is 10.1. The summed E-state index contributed by atoms with van der Waals surface area (Å²) in [5.74, 6) is -1.53. The van der Waals surface area contributed by atoms with Gasteiger partial charge in [0.05, 0.1) is 17.3 Å². The van der Waals surface area contributed by atoms with Crippen molar-refractivity contribution in [1.82, 2.24) is 0 Å². The Balaban J connectivity index is 3.06. The van der Waals surface area contributed by atoms with E-state index in [2.05, 4.69) is 21.2 Å². The maximum atomic E-state index is 11.4. The van der Waals surface area contributed by atoms with Gasteiger partial charge in [0, 0.05) is 4.47 Å². The van der Waals surface area contributed by atoms with Crippen molar-refractivity contribution in [2.24, 2.45) is 5.73 Å². The molecule has 5 nitrogen and oxygen atoms in total. The van der Waals surface area contributed by atoms with Crippen LogP contribution in [0.1, 0.15) is 17.3 Å². The first-order valence-corrected chi connectivity index (χ1v) is 5.30. The van der Waals surface area contributed by atoms with E-state index in [4.69, 9.17) is 10.8 Å². The molecule has 0 bridgehead atoms. The van der Waals surface area contributed by atoms with Crippen LogP contribution in [0.3, 0.4) is 0 Å². The number of carbonyl (C=O) groups is 2. The van der Waals surface area contributed by atoms with Crippen molar-refractivity contribution in [3.05, 3.63) is 28.2 Å². The van der Waals surface area contributed by atoms with Gasteiger partial charge in [-0.15, -0.1) is 0 Å². The Hall–Kier alpha value is -1.40. The van der Waals surface area contributed by atoms with Crippen molar-refractivity contribution in [3.63, 3.8) is 0 Å². The third-order valence-electron chi connectivity index (χ3n) is 1.88. The van der Waals surface area contributed by atoms with Gasteiger partial charge in [-0.05, 0) is 25.1 Å². The number of benzene rings is 1. The first kappa shape index (κ1) is 12.7. The standard InChI is InChI=1S/C10H11BrN2O3/c1-5(12)9(14)13-8-4-6(11)2-3-7(8)10(15)16/h2-5H,12H2,1H3,(H,13,14)(H,15,16)/t5-/m1/s1. The second-order valence-electron chi connectivity index (χ2n) is 3.27. The highest BCUT2D eigenvalue weighted by atomic mass is 79.9. The van der Waals surface area contributed by atoms with Crippen molar-refractivity contribution in [3.8, 4) is 0 Å². The second kappa shape index (κ2) is 5.09. The fourth-order valence-electron chi connectivity index (χ4n) is 1.05. The van der Waals surface area contributed by atoms with Gasteiger partial charge in [-0.25, -0.2) is 4.79 Å².